The molecule has 20 heavy (non-hydrogen) atoms. The minimum absolute atomic E-state index is 0.0850. The third kappa shape index (κ3) is 6.08. The van der Waals surface area contributed by atoms with Crippen LogP contribution in [0.25, 0.3) is 0 Å². The van der Waals surface area contributed by atoms with Crippen molar-refractivity contribution < 1.29 is 23.8 Å². The first-order valence-electron chi connectivity index (χ1n) is 6.26. The normalized spacial score (nSPS) is 9.70. The highest BCUT2D eigenvalue weighted by atomic mass is 16.5. The summed E-state index contributed by atoms with van der Waals surface area (Å²) in [6, 6.07) is 7.17. The number of benzene rings is 1. The van der Waals surface area contributed by atoms with Crippen molar-refractivity contribution in [2.24, 2.45) is 0 Å². The Balaban J connectivity index is 2.14. The number of hydrogen-bond donors (Lipinski definition) is 1. The molecule has 0 atom stereocenters. The van der Waals surface area contributed by atoms with Crippen LogP contribution in [0.2, 0.25) is 0 Å². The van der Waals surface area contributed by atoms with Crippen molar-refractivity contribution in [1.82, 2.24) is 5.32 Å². The Kier molecular flexibility index (Phi) is 6.95. The summed E-state index contributed by atoms with van der Waals surface area (Å²) in [5, 5.41) is 2.66. The number of hydrogen-bond acceptors (Lipinski definition) is 5. The van der Waals surface area contributed by atoms with Crippen LogP contribution in [0.3, 0.4) is 0 Å². The van der Waals surface area contributed by atoms with Crippen molar-refractivity contribution >= 4 is 11.9 Å². The number of rotatable bonds is 8. The Hall–Kier alpha value is -2.24. The number of nitrogens with one attached hydrogen (secondary N) is 1. The van der Waals surface area contributed by atoms with E-state index in [9.17, 15) is 9.59 Å². The van der Waals surface area contributed by atoms with Crippen LogP contribution in [-0.4, -0.2) is 39.2 Å². The topological polar surface area (TPSA) is 73.9 Å². The molecule has 0 fully saturated rings. The summed E-state index contributed by atoms with van der Waals surface area (Å²) < 4.78 is 14.9. The SMILES string of the molecule is COC(=O)CCC(=O)NCCOc1ccc(OC)cc1. The molecule has 1 rings (SSSR count). The molecule has 0 unspecified atom stereocenters. The van der Waals surface area contributed by atoms with Crippen molar-refractivity contribution in [3.63, 3.8) is 0 Å². The molecule has 0 saturated carbocycles. The van der Waals surface area contributed by atoms with Crippen LogP contribution in [0.15, 0.2) is 24.3 Å². The smallest absolute Gasteiger partial charge is 0.306 e. The summed E-state index contributed by atoms with van der Waals surface area (Å²) in [4.78, 5) is 22.2. The summed E-state index contributed by atoms with van der Waals surface area (Å²) >= 11 is 0. The van der Waals surface area contributed by atoms with Crippen molar-refractivity contribution in [2.75, 3.05) is 27.4 Å². The highest BCUT2D eigenvalue weighted by molar-refractivity contribution is 5.81. The molecule has 0 radical (unpaired) electrons. The van der Waals surface area contributed by atoms with E-state index < -0.39 is 5.97 Å². The van der Waals surface area contributed by atoms with E-state index in [0.717, 1.165) is 5.75 Å². The van der Waals surface area contributed by atoms with E-state index in [2.05, 4.69) is 10.1 Å². The van der Waals surface area contributed by atoms with Crippen LogP contribution in [0.1, 0.15) is 12.8 Å². The average Bonchev–Trinajstić information content (AvgIpc) is 2.49. The van der Waals surface area contributed by atoms with Crippen LogP contribution in [0.4, 0.5) is 0 Å². The van der Waals surface area contributed by atoms with Crippen molar-refractivity contribution in [3.8, 4) is 11.5 Å². The Bertz CT molecular complexity index is 430. The van der Waals surface area contributed by atoms with Gasteiger partial charge in [-0.3, -0.25) is 9.59 Å². The zero-order chi connectivity index (χ0) is 14.8. The second-order valence-corrected chi connectivity index (χ2v) is 3.95. The van der Waals surface area contributed by atoms with Gasteiger partial charge < -0.3 is 19.5 Å². The molecule has 0 aliphatic carbocycles. The summed E-state index contributed by atoms with van der Waals surface area (Å²) in [7, 11) is 2.89. The maximum atomic E-state index is 11.4. The number of amides is 1. The third-order valence-corrected chi connectivity index (χ3v) is 2.54. The zero-order valence-electron chi connectivity index (χ0n) is 11.7. The lowest BCUT2D eigenvalue weighted by Crippen LogP contribution is -2.28. The fourth-order valence-corrected chi connectivity index (χ4v) is 1.44. The first kappa shape index (κ1) is 15.8. The predicted octanol–water partition coefficient (Wildman–Crippen LogP) is 1.14. The van der Waals surface area contributed by atoms with Gasteiger partial charge in [0.25, 0.3) is 0 Å². The monoisotopic (exact) mass is 281 g/mol. The van der Waals surface area contributed by atoms with Gasteiger partial charge in [0.1, 0.15) is 18.1 Å². The van der Waals surface area contributed by atoms with E-state index in [-0.39, 0.29) is 18.7 Å². The Morgan fingerprint density at radius 2 is 1.70 bits per heavy atom. The van der Waals surface area contributed by atoms with Crippen molar-refractivity contribution in [2.45, 2.75) is 12.8 Å². The van der Waals surface area contributed by atoms with Gasteiger partial charge in [-0.2, -0.15) is 0 Å². The van der Waals surface area contributed by atoms with E-state index in [1.165, 1.54) is 7.11 Å². The first-order valence-corrected chi connectivity index (χ1v) is 6.26. The molecule has 6 heteroatoms. The summed E-state index contributed by atoms with van der Waals surface area (Å²) in [6.07, 6.45) is 0.205. The Labute approximate surface area is 118 Å². The molecule has 0 bridgehead atoms. The lowest BCUT2D eigenvalue weighted by Gasteiger charge is -2.08. The molecule has 1 aromatic carbocycles. The molecule has 1 N–H and O–H groups in total. The highest BCUT2D eigenvalue weighted by Crippen LogP contribution is 2.16. The number of carbonyl (C=O) groups excluding carboxylic acids is 2. The Morgan fingerprint density at radius 3 is 2.30 bits per heavy atom. The van der Waals surface area contributed by atoms with Gasteiger partial charge in [0.2, 0.25) is 5.91 Å². The van der Waals surface area contributed by atoms with Crippen LogP contribution < -0.4 is 14.8 Å². The van der Waals surface area contributed by atoms with Gasteiger partial charge in [-0.1, -0.05) is 0 Å². The van der Waals surface area contributed by atoms with Crippen LogP contribution >= 0.6 is 0 Å². The Morgan fingerprint density at radius 1 is 1.05 bits per heavy atom. The molecule has 1 aromatic rings. The number of carbonyl (C=O) groups is 2. The van der Waals surface area contributed by atoms with E-state index in [1.54, 1.807) is 31.4 Å². The number of esters is 1. The highest BCUT2D eigenvalue weighted by Gasteiger charge is 2.05. The minimum atomic E-state index is -0.394. The van der Waals surface area contributed by atoms with Crippen molar-refractivity contribution in [1.29, 1.82) is 0 Å². The fraction of sp³-hybridized carbons (Fsp3) is 0.429. The van der Waals surface area contributed by atoms with Crippen molar-refractivity contribution in [3.05, 3.63) is 24.3 Å². The van der Waals surface area contributed by atoms with Gasteiger partial charge in [0, 0.05) is 6.42 Å². The molecule has 0 aliphatic heterocycles. The third-order valence-electron chi connectivity index (χ3n) is 2.54. The van der Waals surface area contributed by atoms with E-state index >= 15 is 0 Å². The van der Waals surface area contributed by atoms with Gasteiger partial charge in [0.15, 0.2) is 0 Å². The van der Waals surface area contributed by atoms with E-state index in [4.69, 9.17) is 9.47 Å². The van der Waals surface area contributed by atoms with Crippen LogP contribution in [0.5, 0.6) is 11.5 Å². The standard InChI is InChI=1S/C14H19NO5/c1-18-11-3-5-12(6-4-11)20-10-9-15-13(16)7-8-14(17)19-2/h3-6H,7-10H2,1-2H3,(H,15,16). The van der Waals surface area contributed by atoms with Gasteiger partial charge in [-0.15, -0.1) is 0 Å². The van der Waals surface area contributed by atoms with E-state index in [1.807, 2.05) is 0 Å². The van der Waals surface area contributed by atoms with Gasteiger partial charge >= 0.3 is 5.97 Å². The van der Waals surface area contributed by atoms with Gasteiger partial charge in [-0.25, -0.2) is 0 Å². The molecule has 110 valence electrons. The lowest BCUT2D eigenvalue weighted by atomic mass is 10.3. The molecule has 0 heterocycles. The number of methoxy groups -OCH3 is 2. The average molecular weight is 281 g/mol. The quantitative estimate of drug-likeness (QED) is 0.571. The summed E-state index contributed by atoms with van der Waals surface area (Å²) in [6.45, 7) is 0.738. The van der Waals surface area contributed by atoms with Crippen LogP contribution in [-0.2, 0) is 14.3 Å². The first-order chi connectivity index (χ1) is 9.65. The maximum Gasteiger partial charge on any atom is 0.306 e. The van der Waals surface area contributed by atoms with E-state index in [0.29, 0.717) is 18.9 Å². The molecule has 0 aromatic heterocycles. The second-order valence-electron chi connectivity index (χ2n) is 3.95. The molecule has 1 amide bonds. The summed E-state index contributed by atoms with van der Waals surface area (Å²) in [5.41, 5.74) is 0. The molecule has 6 nitrogen and oxygen atoms in total. The second kappa shape index (κ2) is 8.79. The molecule has 0 aliphatic rings. The lowest BCUT2D eigenvalue weighted by molar-refractivity contribution is -0.142. The maximum absolute atomic E-state index is 11.4. The molecular weight excluding hydrogens is 262 g/mol. The van der Waals surface area contributed by atoms with Crippen LogP contribution in [0, 0.1) is 0 Å². The molecular formula is C14H19NO5. The predicted molar refractivity (Wildman–Crippen MR) is 72.7 cm³/mol. The zero-order valence-corrected chi connectivity index (χ0v) is 11.7. The van der Waals surface area contributed by atoms with Gasteiger partial charge in [-0.05, 0) is 24.3 Å². The molecule has 0 spiro atoms. The molecule has 0 saturated heterocycles. The number of ether oxygens (including phenoxy) is 3. The van der Waals surface area contributed by atoms with Gasteiger partial charge in [0.05, 0.1) is 27.2 Å². The summed E-state index contributed by atoms with van der Waals surface area (Å²) in [5.74, 6) is 0.867. The minimum Gasteiger partial charge on any atom is -0.497 e. The largest absolute Gasteiger partial charge is 0.497 e. The fourth-order valence-electron chi connectivity index (χ4n) is 1.44.